The summed E-state index contributed by atoms with van der Waals surface area (Å²) >= 11 is 0. The van der Waals surface area contributed by atoms with E-state index in [0.29, 0.717) is 5.56 Å². The summed E-state index contributed by atoms with van der Waals surface area (Å²) in [6.07, 6.45) is 0. The number of nitro groups is 1. The van der Waals surface area contributed by atoms with Gasteiger partial charge in [-0.3, -0.25) is 10.1 Å². The molecule has 7 nitrogen and oxygen atoms in total. The molecule has 1 aromatic carbocycles. The standard InChI is InChI=1S/C11H16N2O5S/c1-8-4-5-10(6-11(8)13(14)15)19(16,17)12-9(2)7-18-3/h4-6,9,12H,7H2,1-3H3/t9-/m0/s1. The summed E-state index contributed by atoms with van der Waals surface area (Å²) in [5, 5.41) is 10.8. The van der Waals surface area contributed by atoms with Gasteiger partial charge in [0.1, 0.15) is 0 Å². The Kier molecular flexibility index (Phi) is 4.98. The second-order valence-corrected chi connectivity index (χ2v) is 5.90. The van der Waals surface area contributed by atoms with Crippen LogP contribution in [-0.2, 0) is 14.8 Å². The lowest BCUT2D eigenvalue weighted by molar-refractivity contribution is -0.385. The first-order chi connectivity index (χ1) is 8.77. The Morgan fingerprint density at radius 3 is 2.63 bits per heavy atom. The Bertz CT molecular complexity index is 570. The third kappa shape index (κ3) is 3.98. The van der Waals surface area contributed by atoms with E-state index in [1.807, 2.05) is 0 Å². The number of methoxy groups -OCH3 is 1. The minimum atomic E-state index is -3.79. The number of benzene rings is 1. The van der Waals surface area contributed by atoms with Gasteiger partial charge in [-0.05, 0) is 19.9 Å². The number of nitro benzene ring substituents is 1. The molecule has 106 valence electrons. The van der Waals surface area contributed by atoms with Crippen molar-refractivity contribution in [3.8, 4) is 0 Å². The van der Waals surface area contributed by atoms with Crippen LogP contribution >= 0.6 is 0 Å². The number of ether oxygens (including phenoxy) is 1. The van der Waals surface area contributed by atoms with Gasteiger partial charge in [-0.15, -0.1) is 0 Å². The maximum absolute atomic E-state index is 12.0. The highest BCUT2D eigenvalue weighted by Crippen LogP contribution is 2.22. The van der Waals surface area contributed by atoms with E-state index in [0.717, 1.165) is 6.07 Å². The molecule has 1 atom stereocenters. The Hall–Kier alpha value is -1.51. The van der Waals surface area contributed by atoms with Gasteiger partial charge in [0.15, 0.2) is 0 Å². The molecule has 0 saturated carbocycles. The number of sulfonamides is 1. The van der Waals surface area contributed by atoms with Crippen LogP contribution in [-0.4, -0.2) is 33.1 Å². The molecule has 0 aliphatic heterocycles. The number of nitrogens with one attached hydrogen (secondary N) is 1. The summed E-state index contributed by atoms with van der Waals surface area (Å²) < 4.78 is 31.2. The van der Waals surface area contributed by atoms with Gasteiger partial charge in [0.25, 0.3) is 5.69 Å². The van der Waals surface area contributed by atoms with E-state index in [4.69, 9.17) is 4.74 Å². The van der Waals surface area contributed by atoms with E-state index in [9.17, 15) is 18.5 Å². The van der Waals surface area contributed by atoms with Crippen molar-refractivity contribution in [1.82, 2.24) is 4.72 Å². The molecule has 0 amide bonds. The highest BCUT2D eigenvalue weighted by molar-refractivity contribution is 7.89. The van der Waals surface area contributed by atoms with Gasteiger partial charge in [-0.1, -0.05) is 6.07 Å². The third-order valence-corrected chi connectivity index (χ3v) is 4.05. The smallest absolute Gasteiger partial charge is 0.273 e. The third-order valence-electron chi connectivity index (χ3n) is 2.46. The van der Waals surface area contributed by atoms with Gasteiger partial charge in [0.05, 0.1) is 16.4 Å². The molecular formula is C11H16N2O5S. The van der Waals surface area contributed by atoms with Crippen LogP contribution in [0.3, 0.4) is 0 Å². The minimum absolute atomic E-state index is 0.132. The zero-order valence-electron chi connectivity index (χ0n) is 10.9. The molecule has 0 unspecified atom stereocenters. The van der Waals surface area contributed by atoms with Crippen LogP contribution in [0.25, 0.3) is 0 Å². The lowest BCUT2D eigenvalue weighted by Crippen LogP contribution is -2.35. The fourth-order valence-corrected chi connectivity index (χ4v) is 2.82. The second kappa shape index (κ2) is 6.09. The van der Waals surface area contributed by atoms with Crippen LogP contribution in [0.1, 0.15) is 12.5 Å². The van der Waals surface area contributed by atoms with Crippen molar-refractivity contribution in [3.05, 3.63) is 33.9 Å². The summed E-state index contributed by atoms with van der Waals surface area (Å²) in [6, 6.07) is 3.38. The molecule has 0 aliphatic carbocycles. The Morgan fingerprint density at radius 2 is 2.11 bits per heavy atom. The van der Waals surface area contributed by atoms with Gasteiger partial charge in [0, 0.05) is 24.8 Å². The molecule has 0 radical (unpaired) electrons. The van der Waals surface area contributed by atoms with E-state index in [1.165, 1.54) is 19.2 Å². The predicted octanol–water partition coefficient (Wildman–Crippen LogP) is 1.22. The molecule has 19 heavy (non-hydrogen) atoms. The Labute approximate surface area is 111 Å². The van der Waals surface area contributed by atoms with Crippen LogP contribution in [0.15, 0.2) is 23.1 Å². The first kappa shape index (κ1) is 15.5. The van der Waals surface area contributed by atoms with Gasteiger partial charge in [-0.2, -0.15) is 0 Å². The minimum Gasteiger partial charge on any atom is -0.383 e. The Balaban J connectivity index is 3.08. The number of aryl methyl sites for hydroxylation is 1. The normalized spacial score (nSPS) is 13.2. The van der Waals surface area contributed by atoms with Gasteiger partial charge in [0.2, 0.25) is 10.0 Å². The van der Waals surface area contributed by atoms with Crippen molar-refractivity contribution >= 4 is 15.7 Å². The molecule has 1 N–H and O–H groups in total. The van der Waals surface area contributed by atoms with Crippen LogP contribution in [0.2, 0.25) is 0 Å². The monoisotopic (exact) mass is 288 g/mol. The van der Waals surface area contributed by atoms with Gasteiger partial charge >= 0.3 is 0 Å². The molecular weight excluding hydrogens is 272 g/mol. The van der Waals surface area contributed by atoms with E-state index in [1.54, 1.807) is 13.8 Å². The fraction of sp³-hybridized carbons (Fsp3) is 0.455. The second-order valence-electron chi connectivity index (χ2n) is 4.18. The lowest BCUT2D eigenvalue weighted by Gasteiger charge is -2.13. The topological polar surface area (TPSA) is 98.5 Å². The molecule has 0 aliphatic rings. The van der Waals surface area contributed by atoms with Crippen LogP contribution < -0.4 is 4.72 Å². The molecule has 1 rings (SSSR count). The van der Waals surface area contributed by atoms with E-state index in [2.05, 4.69) is 4.72 Å². The van der Waals surface area contributed by atoms with Crippen LogP contribution in [0.5, 0.6) is 0 Å². The molecule has 0 spiro atoms. The summed E-state index contributed by atoms with van der Waals surface area (Å²) in [4.78, 5) is 10.1. The highest BCUT2D eigenvalue weighted by atomic mass is 32.2. The van der Waals surface area contributed by atoms with Crippen molar-refractivity contribution in [2.45, 2.75) is 24.8 Å². The zero-order chi connectivity index (χ0) is 14.6. The molecule has 0 fully saturated rings. The summed E-state index contributed by atoms with van der Waals surface area (Å²) in [7, 11) is -2.33. The first-order valence-corrected chi connectivity index (χ1v) is 7.02. The maximum Gasteiger partial charge on any atom is 0.273 e. The lowest BCUT2D eigenvalue weighted by atomic mass is 10.2. The molecule has 1 aromatic rings. The van der Waals surface area contributed by atoms with Crippen LogP contribution in [0, 0.1) is 17.0 Å². The van der Waals surface area contributed by atoms with E-state index >= 15 is 0 Å². The fourth-order valence-electron chi connectivity index (χ4n) is 1.57. The Morgan fingerprint density at radius 1 is 1.47 bits per heavy atom. The summed E-state index contributed by atoms with van der Waals surface area (Å²) in [5.74, 6) is 0. The van der Waals surface area contributed by atoms with Gasteiger partial charge in [-0.25, -0.2) is 13.1 Å². The van der Waals surface area contributed by atoms with Crippen molar-refractivity contribution in [2.75, 3.05) is 13.7 Å². The summed E-state index contributed by atoms with van der Waals surface area (Å²) in [6.45, 7) is 3.41. The highest BCUT2D eigenvalue weighted by Gasteiger charge is 2.21. The van der Waals surface area contributed by atoms with Crippen molar-refractivity contribution in [3.63, 3.8) is 0 Å². The average Bonchev–Trinajstić information content (AvgIpc) is 2.28. The van der Waals surface area contributed by atoms with E-state index in [-0.39, 0.29) is 17.2 Å². The summed E-state index contributed by atoms with van der Waals surface area (Å²) in [5.41, 5.74) is 0.191. The molecule has 0 heterocycles. The average molecular weight is 288 g/mol. The van der Waals surface area contributed by atoms with Crippen molar-refractivity contribution < 1.29 is 18.1 Å². The molecule has 8 heteroatoms. The SMILES string of the molecule is COC[C@H](C)NS(=O)(=O)c1ccc(C)c([N+](=O)[O-])c1. The number of hydrogen-bond donors (Lipinski definition) is 1. The van der Waals surface area contributed by atoms with E-state index < -0.39 is 21.0 Å². The number of hydrogen-bond acceptors (Lipinski definition) is 5. The van der Waals surface area contributed by atoms with Crippen LogP contribution in [0.4, 0.5) is 5.69 Å². The quantitative estimate of drug-likeness (QED) is 0.626. The molecule has 0 bridgehead atoms. The molecule has 0 saturated heterocycles. The number of nitrogens with zero attached hydrogens (tertiary/aromatic N) is 1. The predicted molar refractivity (Wildman–Crippen MR) is 69.5 cm³/mol. The maximum atomic E-state index is 12.0. The molecule has 0 aromatic heterocycles. The van der Waals surface area contributed by atoms with Gasteiger partial charge < -0.3 is 4.74 Å². The number of rotatable bonds is 6. The first-order valence-electron chi connectivity index (χ1n) is 5.54. The largest absolute Gasteiger partial charge is 0.383 e. The van der Waals surface area contributed by atoms with Crippen molar-refractivity contribution in [1.29, 1.82) is 0 Å². The van der Waals surface area contributed by atoms with Crippen molar-refractivity contribution in [2.24, 2.45) is 0 Å². The zero-order valence-corrected chi connectivity index (χ0v) is 11.7.